The molecule has 2 aromatic heterocycles. The molecule has 0 aliphatic carbocycles. The Labute approximate surface area is 226 Å². The molecular formula is C28H28ClN5O2S. The third kappa shape index (κ3) is 6.24. The molecule has 0 atom stereocenters. The second-order valence-corrected chi connectivity index (χ2v) is 10.1. The first-order valence-corrected chi connectivity index (χ1v) is 13.0. The summed E-state index contributed by atoms with van der Waals surface area (Å²) in [4.78, 5) is 32.2. The molecule has 2 aliphatic heterocycles. The number of imidazole rings is 1. The van der Waals surface area contributed by atoms with Crippen LogP contribution in [0.25, 0.3) is 17.8 Å². The molecule has 0 radical (unpaired) electrons. The van der Waals surface area contributed by atoms with Crippen molar-refractivity contribution in [2.45, 2.75) is 30.7 Å². The van der Waals surface area contributed by atoms with E-state index in [0.717, 1.165) is 60.7 Å². The lowest BCUT2D eigenvalue weighted by molar-refractivity contribution is -0.127. The third-order valence-corrected chi connectivity index (χ3v) is 7.75. The first-order chi connectivity index (χ1) is 17.6. The number of nitrogens with one attached hydrogen (secondary N) is 1. The van der Waals surface area contributed by atoms with Crippen LogP contribution in [0, 0.1) is 17.2 Å². The predicted molar refractivity (Wildman–Crippen MR) is 148 cm³/mol. The Morgan fingerprint density at radius 2 is 1.95 bits per heavy atom. The number of piperidine rings is 1. The first-order valence-electron chi connectivity index (χ1n) is 12.2. The minimum atomic E-state index is -0.0427. The van der Waals surface area contributed by atoms with E-state index in [4.69, 9.17) is 5.26 Å². The van der Waals surface area contributed by atoms with Crippen LogP contribution in [0.1, 0.15) is 42.5 Å². The van der Waals surface area contributed by atoms with Crippen molar-refractivity contribution in [3.8, 4) is 6.07 Å². The Kier molecular flexibility index (Phi) is 8.70. The van der Waals surface area contributed by atoms with Crippen molar-refractivity contribution >= 4 is 53.8 Å². The van der Waals surface area contributed by atoms with Crippen LogP contribution in [0.4, 0.5) is 0 Å². The van der Waals surface area contributed by atoms with Crippen LogP contribution in [0.3, 0.4) is 0 Å². The number of nitrogens with zero attached hydrogens (tertiary/aromatic N) is 4. The van der Waals surface area contributed by atoms with E-state index in [0.29, 0.717) is 22.9 Å². The standard InChI is InChI=1S/C28H27N5O2S.ClH/c29-18-22-8-6-21(7-9-22)10-11-26(34)32-15-12-20(13-16-32)3-2-14-30-28(35)24-17-23-19-31-25-4-1-5-27(36-24)33(23)25;/h1,4-11,17,19-20H,2-3,12-16H2,(H,30,35);1H/b11-10+;. The second kappa shape index (κ2) is 12.1. The lowest BCUT2D eigenvalue weighted by Gasteiger charge is -2.31. The minimum absolute atomic E-state index is 0. The van der Waals surface area contributed by atoms with Crippen molar-refractivity contribution in [1.29, 1.82) is 5.26 Å². The molecule has 0 bridgehead atoms. The van der Waals surface area contributed by atoms with E-state index in [9.17, 15) is 9.59 Å². The fourth-order valence-corrected chi connectivity index (χ4v) is 5.67. The van der Waals surface area contributed by atoms with Gasteiger partial charge >= 0.3 is 0 Å². The van der Waals surface area contributed by atoms with Crippen molar-refractivity contribution in [3.63, 3.8) is 0 Å². The van der Waals surface area contributed by atoms with Crippen molar-refractivity contribution < 1.29 is 9.59 Å². The summed E-state index contributed by atoms with van der Waals surface area (Å²) in [6.45, 7) is 2.17. The normalized spacial score (nSPS) is 15.2. The number of hydrogen-bond donors (Lipinski definition) is 1. The highest BCUT2D eigenvalue weighted by molar-refractivity contribution is 8.04. The molecule has 3 aromatic rings. The van der Waals surface area contributed by atoms with E-state index in [1.165, 1.54) is 11.8 Å². The summed E-state index contributed by atoms with van der Waals surface area (Å²) in [5.41, 5.74) is 3.33. The second-order valence-electron chi connectivity index (χ2n) is 9.09. The van der Waals surface area contributed by atoms with Crippen LogP contribution in [0.2, 0.25) is 0 Å². The molecule has 0 unspecified atom stereocenters. The minimum Gasteiger partial charge on any atom is -0.352 e. The number of halogens is 1. The van der Waals surface area contributed by atoms with E-state index in [1.54, 1.807) is 30.5 Å². The third-order valence-electron chi connectivity index (χ3n) is 6.70. The van der Waals surface area contributed by atoms with Crippen LogP contribution in [-0.4, -0.2) is 45.7 Å². The molecule has 5 rings (SSSR count). The van der Waals surface area contributed by atoms with Crippen LogP contribution < -0.4 is 5.32 Å². The maximum Gasteiger partial charge on any atom is 0.258 e. The molecule has 190 valence electrons. The van der Waals surface area contributed by atoms with Crippen LogP contribution in [0.5, 0.6) is 0 Å². The van der Waals surface area contributed by atoms with Crippen molar-refractivity contribution in [2.75, 3.05) is 19.6 Å². The Balaban J connectivity index is 0.00000320. The van der Waals surface area contributed by atoms with Gasteiger partial charge in [-0.2, -0.15) is 5.26 Å². The first kappa shape index (κ1) is 26.5. The number of thioether (sulfide) groups is 1. The number of aromatic nitrogens is 2. The topological polar surface area (TPSA) is 90.5 Å². The molecule has 1 N–H and O–H groups in total. The van der Waals surface area contributed by atoms with E-state index in [1.807, 2.05) is 41.3 Å². The van der Waals surface area contributed by atoms with Gasteiger partial charge in [0.2, 0.25) is 5.91 Å². The monoisotopic (exact) mass is 533 g/mol. The summed E-state index contributed by atoms with van der Waals surface area (Å²) < 4.78 is 2.06. The maximum absolute atomic E-state index is 12.7. The van der Waals surface area contributed by atoms with E-state index < -0.39 is 0 Å². The van der Waals surface area contributed by atoms with Gasteiger partial charge in [-0.05, 0) is 73.6 Å². The molecule has 4 heterocycles. The number of rotatable bonds is 7. The number of amides is 2. The Hall–Kier alpha value is -3.54. The number of nitriles is 1. The van der Waals surface area contributed by atoms with E-state index >= 15 is 0 Å². The van der Waals surface area contributed by atoms with E-state index in [-0.39, 0.29) is 24.2 Å². The zero-order valence-corrected chi connectivity index (χ0v) is 21.9. The number of benzene rings is 1. The molecule has 2 amide bonds. The average Bonchev–Trinajstić information content (AvgIpc) is 3.34. The highest BCUT2D eigenvalue weighted by Gasteiger charge is 2.22. The number of likely N-dealkylation sites (tertiary alicyclic amines) is 1. The Morgan fingerprint density at radius 1 is 1.16 bits per heavy atom. The summed E-state index contributed by atoms with van der Waals surface area (Å²) >= 11 is 1.47. The number of pyridine rings is 1. The SMILES string of the molecule is Cl.N#Cc1ccc(/C=C/C(=O)N2CCC(CCCNC(=O)C3=Cc4cnc5cccc(n45)S3)CC2)cc1. The quantitative estimate of drug-likeness (QED) is 0.344. The molecule has 37 heavy (non-hydrogen) atoms. The van der Waals surface area contributed by atoms with Gasteiger partial charge in [-0.15, -0.1) is 12.4 Å². The van der Waals surface area contributed by atoms with E-state index in [2.05, 4.69) is 20.8 Å². The Morgan fingerprint density at radius 3 is 2.70 bits per heavy atom. The van der Waals surface area contributed by atoms with Gasteiger partial charge in [-0.3, -0.25) is 14.0 Å². The smallest absolute Gasteiger partial charge is 0.258 e. The molecule has 7 nitrogen and oxygen atoms in total. The van der Waals surface area contributed by atoms with Gasteiger partial charge in [0, 0.05) is 25.7 Å². The summed E-state index contributed by atoms with van der Waals surface area (Å²) in [6.07, 6.45) is 11.0. The highest BCUT2D eigenvalue weighted by Crippen LogP contribution is 2.34. The largest absolute Gasteiger partial charge is 0.352 e. The summed E-state index contributed by atoms with van der Waals surface area (Å²) in [5, 5.41) is 12.9. The summed E-state index contributed by atoms with van der Waals surface area (Å²) in [5.74, 6) is 0.558. The molecule has 1 aromatic carbocycles. The molecule has 1 saturated heterocycles. The van der Waals surface area contributed by atoms with Gasteiger partial charge in [0.1, 0.15) is 5.65 Å². The molecule has 0 spiro atoms. The summed E-state index contributed by atoms with van der Waals surface area (Å²) in [6, 6.07) is 15.2. The average molecular weight is 534 g/mol. The van der Waals surface area contributed by atoms with Gasteiger partial charge < -0.3 is 10.2 Å². The van der Waals surface area contributed by atoms with Crippen LogP contribution in [0.15, 0.2) is 64.7 Å². The lowest BCUT2D eigenvalue weighted by Crippen LogP contribution is -2.37. The number of carbonyl (C=O) groups is 2. The van der Waals surface area contributed by atoms with Gasteiger partial charge in [-0.1, -0.05) is 30.0 Å². The van der Waals surface area contributed by atoms with Gasteiger partial charge in [0.15, 0.2) is 0 Å². The zero-order chi connectivity index (χ0) is 24.9. The molecule has 9 heteroatoms. The van der Waals surface area contributed by atoms with Crippen LogP contribution in [-0.2, 0) is 9.59 Å². The van der Waals surface area contributed by atoms with Crippen molar-refractivity contribution in [1.82, 2.24) is 19.6 Å². The fourth-order valence-electron chi connectivity index (χ4n) is 4.66. The van der Waals surface area contributed by atoms with Gasteiger partial charge in [0.25, 0.3) is 5.91 Å². The molecule has 2 aliphatic rings. The van der Waals surface area contributed by atoms with Gasteiger partial charge in [0.05, 0.1) is 33.5 Å². The fraction of sp³-hybridized carbons (Fsp3) is 0.286. The number of hydrogen-bond acceptors (Lipinski definition) is 5. The van der Waals surface area contributed by atoms with Crippen molar-refractivity contribution in [2.24, 2.45) is 5.92 Å². The predicted octanol–water partition coefficient (Wildman–Crippen LogP) is 4.92. The zero-order valence-electron chi connectivity index (χ0n) is 20.3. The van der Waals surface area contributed by atoms with Crippen molar-refractivity contribution in [3.05, 3.63) is 76.5 Å². The molecular weight excluding hydrogens is 506 g/mol. The lowest BCUT2D eigenvalue weighted by atomic mass is 9.92. The number of carbonyl (C=O) groups excluding carboxylic acids is 2. The Bertz CT molecular complexity index is 1380. The summed E-state index contributed by atoms with van der Waals surface area (Å²) in [7, 11) is 0. The van der Waals surface area contributed by atoms with Gasteiger partial charge in [-0.25, -0.2) is 4.98 Å². The van der Waals surface area contributed by atoms with Crippen LogP contribution >= 0.6 is 24.2 Å². The highest BCUT2D eigenvalue weighted by atomic mass is 35.5. The maximum atomic E-state index is 12.7. The molecule has 0 saturated carbocycles. The molecule has 1 fully saturated rings.